The molecule has 0 aromatic heterocycles. The molecule has 3 saturated heterocycles. The van der Waals surface area contributed by atoms with E-state index in [0.717, 1.165) is 77.8 Å². The number of likely N-dealkylation sites (tertiary alicyclic amines) is 3. The highest BCUT2D eigenvalue weighted by molar-refractivity contribution is 5.77. The van der Waals surface area contributed by atoms with E-state index in [9.17, 15) is 9.59 Å². The molecule has 0 aromatic rings. The fraction of sp³-hybridized carbons (Fsp3) is 0.895. The van der Waals surface area contributed by atoms with Gasteiger partial charge in [0.05, 0.1) is 0 Å². The van der Waals surface area contributed by atoms with Crippen LogP contribution >= 0.6 is 0 Å². The van der Waals surface area contributed by atoms with Crippen LogP contribution < -0.4 is 0 Å². The average molecular weight is 335 g/mol. The van der Waals surface area contributed by atoms with E-state index < -0.39 is 0 Å². The number of piperidine rings is 2. The van der Waals surface area contributed by atoms with Crippen molar-refractivity contribution in [1.82, 2.24) is 14.7 Å². The Balaban J connectivity index is 1.63. The molecule has 0 N–H and O–H groups in total. The van der Waals surface area contributed by atoms with Crippen LogP contribution in [0, 0.1) is 11.3 Å². The summed E-state index contributed by atoms with van der Waals surface area (Å²) in [7, 11) is 0. The smallest absolute Gasteiger partial charge is 0.320 e. The third-order valence-corrected chi connectivity index (χ3v) is 6.03. The van der Waals surface area contributed by atoms with Gasteiger partial charge in [-0.3, -0.25) is 4.79 Å². The van der Waals surface area contributed by atoms with Crippen LogP contribution in [0.15, 0.2) is 0 Å². The molecule has 1 spiro atoms. The molecule has 0 bridgehead atoms. The lowest BCUT2D eigenvalue weighted by Gasteiger charge is -2.48. The highest BCUT2D eigenvalue weighted by Crippen LogP contribution is 2.39. The summed E-state index contributed by atoms with van der Waals surface area (Å²) >= 11 is 0. The monoisotopic (exact) mass is 335 g/mol. The third-order valence-electron chi connectivity index (χ3n) is 6.03. The molecule has 5 heteroatoms. The number of nitrogens with zero attached hydrogens (tertiary/aromatic N) is 3. The minimum Gasteiger partial charge on any atom is -0.342 e. The lowest BCUT2D eigenvalue weighted by molar-refractivity contribution is -0.139. The molecule has 1 atom stereocenters. The van der Waals surface area contributed by atoms with Crippen molar-refractivity contribution >= 4 is 11.9 Å². The van der Waals surface area contributed by atoms with E-state index in [2.05, 4.69) is 23.6 Å². The predicted molar refractivity (Wildman–Crippen MR) is 94.7 cm³/mol. The Kier molecular flexibility index (Phi) is 5.36. The first-order valence-electron chi connectivity index (χ1n) is 9.81. The molecule has 136 valence electrons. The van der Waals surface area contributed by atoms with Gasteiger partial charge in [0.1, 0.15) is 0 Å². The van der Waals surface area contributed by atoms with Crippen LogP contribution in [0.4, 0.5) is 4.79 Å². The molecular formula is C19H33N3O2. The van der Waals surface area contributed by atoms with Crippen molar-refractivity contribution in [3.05, 3.63) is 0 Å². The minimum atomic E-state index is 0.137. The first-order valence-corrected chi connectivity index (χ1v) is 9.81. The molecule has 3 amide bonds. The molecule has 3 aliphatic heterocycles. The molecule has 3 rings (SSSR count). The molecule has 0 aromatic carbocycles. The number of urea groups is 1. The van der Waals surface area contributed by atoms with Crippen LogP contribution in [0.2, 0.25) is 0 Å². The Morgan fingerprint density at radius 3 is 2.46 bits per heavy atom. The van der Waals surface area contributed by atoms with E-state index in [1.54, 1.807) is 0 Å². The Hall–Kier alpha value is -1.26. The molecule has 3 heterocycles. The summed E-state index contributed by atoms with van der Waals surface area (Å²) < 4.78 is 0. The first kappa shape index (κ1) is 17.6. The average Bonchev–Trinajstić information content (AvgIpc) is 3.10. The molecule has 3 fully saturated rings. The lowest BCUT2D eigenvalue weighted by atomic mass is 9.73. The molecule has 3 aliphatic rings. The van der Waals surface area contributed by atoms with Crippen LogP contribution in [0.25, 0.3) is 0 Å². The minimum absolute atomic E-state index is 0.137. The summed E-state index contributed by atoms with van der Waals surface area (Å²) in [6.45, 7) is 9.70. The summed E-state index contributed by atoms with van der Waals surface area (Å²) in [6, 6.07) is 0.234. The number of carbonyl (C=O) groups is 2. The fourth-order valence-corrected chi connectivity index (χ4v) is 4.53. The zero-order chi connectivity index (χ0) is 17.2. The molecule has 24 heavy (non-hydrogen) atoms. The van der Waals surface area contributed by atoms with Crippen LogP contribution in [-0.4, -0.2) is 65.9 Å². The maximum absolute atomic E-state index is 12.8. The van der Waals surface area contributed by atoms with Crippen molar-refractivity contribution in [2.75, 3.05) is 39.3 Å². The van der Waals surface area contributed by atoms with Crippen molar-refractivity contribution in [1.29, 1.82) is 0 Å². The maximum Gasteiger partial charge on any atom is 0.320 e. The zero-order valence-corrected chi connectivity index (χ0v) is 15.4. The van der Waals surface area contributed by atoms with Crippen molar-refractivity contribution in [2.45, 2.75) is 58.8 Å². The van der Waals surface area contributed by atoms with Gasteiger partial charge in [0.25, 0.3) is 0 Å². The lowest BCUT2D eigenvalue weighted by Crippen LogP contribution is -2.56. The quantitative estimate of drug-likeness (QED) is 0.796. The van der Waals surface area contributed by atoms with E-state index in [0.29, 0.717) is 18.2 Å². The Bertz CT molecular complexity index is 473. The van der Waals surface area contributed by atoms with Gasteiger partial charge >= 0.3 is 6.03 Å². The molecule has 0 aliphatic carbocycles. The zero-order valence-electron chi connectivity index (χ0n) is 15.4. The van der Waals surface area contributed by atoms with Crippen molar-refractivity contribution in [2.24, 2.45) is 11.3 Å². The van der Waals surface area contributed by atoms with Gasteiger partial charge in [-0.2, -0.15) is 0 Å². The Morgan fingerprint density at radius 2 is 1.75 bits per heavy atom. The van der Waals surface area contributed by atoms with E-state index in [4.69, 9.17) is 0 Å². The number of hydrogen-bond donors (Lipinski definition) is 0. The van der Waals surface area contributed by atoms with Crippen molar-refractivity contribution in [3.63, 3.8) is 0 Å². The van der Waals surface area contributed by atoms with E-state index >= 15 is 0 Å². The highest BCUT2D eigenvalue weighted by Gasteiger charge is 2.43. The molecule has 5 nitrogen and oxygen atoms in total. The predicted octanol–water partition coefficient (Wildman–Crippen LogP) is 2.95. The Labute approximate surface area is 146 Å². The number of hydrogen-bond acceptors (Lipinski definition) is 2. The van der Waals surface area contributed by atoms with Gasteiger partial charge < -0.3 is 14.7 Å². The third kappa shape index (κ3) is 3.86. The molecular weight excluding hydrogens is 302 g/mol. The molecule has 0 unspecified atom stereocenters. The van der Waals surface area contributed by atoms with Gasteiger partial charge in [0, 0.05) is 51.1 Å². The Morgan fingerprint density at radius 1 is 1.04 bits per heavy atom. The summed E-state index contributed by atoms with van der Waals surface area (Å²) in [4.78, 5) is 31.2. The van der Waals surface area contributed by atoms with E-state index in [-0.39, 0.29) is 11.4 Å². The first-order chi connectivity index (χ1) is 11.5. The van der Waals surface area contributed by atoms with E-state index in [1.807, 2.05) is 4.90 Å². The fourth-order valence-electron chi connectivity index (χ4n) is 4.53. The topological polar surface area (TPSA) is 43.9 Å². The summed E-state index contributed by atoms with van der Waals surface area (Å²) in [5, 5.41) is 0. The summed E-state index contributed by atoms with van der Waals surface area (Å²) in [5.74, 6) is 0.930. The maximum atomic E-state index is 12.8. The van der Waals surface area contributed by atoms with Crippen LogP contribution in [0.5, 0.6) is 0 Å². The van der Waals surface area contributed by atoms with Gasteiger partial charge in [0.15, 0.2) is 0 Å². The van der Waals surface area contributed by atoms with Gasteiger partial charge in [-0.05, 0) is 44.4 Å². The second kappa shape index (κ2) is 7.32. The van der Waals surface area contributed by atoms with Crippen LogP contribution in [0.1, 0.15) is 58.8 Å². The molecule has 0 saturated carbocycles. The van der Waals surface area contributed by atoms with Gasteiger partial charge in [-0.1, -0.05) is 13.8 Å². The van der Waals surface area contributed by atoms with Gasteiger partial charge in [-0.25, -0.2) is 4.79 Å². The SMILES string of the molecule is CC(C)CCN1C[C@@]2(CCCN(C(=O)N3CCCC3)C2)CCC1=O. The second-order valence-electron chi connectivity index (χ2n) is 8.50. The summed E-state index contributed by atoms with van der Waals surface area (Å²) in [5.41, 5.74) is 0.137. The number of carbonyl (C=O) groups excluding carboxylic acids is 2. The number of rotatable bonds is 3. The summed E-state index contributed by atoms with van der Waals surface area (Å²) in [6.07, 6.45) is 7.19. The standard InChI is InChI=1S/C19H33N3O2/c1-16(2)7-13-21-14-19(9-6-17(21)23)8-5-12-22(15-19)18(24)20-10-3-4-11-20/h16H,3-15H2,1-2H3/t19-/m1/s1. The largest absolute Gasteiger partial charge is 0.342 e. The highest BCUT2D eigenvalue weighted by atomic mass is 16.2. The number of amides is 3. The van der Waals surface area contributed by atoms with Gasteiger partial charge in [0.2, 0.25) is 5.91 Å². The van der Waals surface area contributed by atoms with Crippen LogP contribution in [0.3, 0.4) is 0 Å². The second-order valence-corrected chi connectivity index (χ2v) is 8.50. The van der Waals surface area contributed by atoms with Crippen LogP contribution in [-0.2, 0) is 4.79 Å². The van der Waals surface area contributed by atoms with Crippen molar-refractivity contribution < 1.29 is 9.59 Å². The van der Waals surface area contributed by atoms with Crippen molar-refractivity contribution in [3.8, 4) is 0 Å². The molecule has 0 radical (unpaired) electrons. The van der Waals surface area contributed by atoms with Gasteiger partial charge in [-0.15, -0.1) is 0 Å². The normalized spacial score (nSPS) is 28.3. The van der Waals surface area contributed by atoms with E-state index in [1.165, 1.54) is 0 Å².